The molecule has 0 atom stereocenters. The second-order valence-electron chi connectivity index (χ2n) is 8.07. The van der Waals surface area contributed by atoms with E-state index < -0.39 is 23.9 Å². The molecule has 0 bridgehead atoms. The lowest BCUT2D eigenvalue weighted by atomic mass is 10.2. The Hall–Kier alpha value is -4.10. The third-order valence-corrected chi connectivity index (χ3v) is 6.43. The molecule has 248 valence electrons. The zero-order valence-corrected chi connectivity index (χ0v) is 28.5. The number of thioether (sulfide) groups is 2. The number of hydrogen-bond donors (Lipinski definition) is 2. The van der Waals surface area contributed by atoms with Gasteiger partial charge in [-0.05, 0) is 95.7 Å². The first-order valence-corrected chi connectivity index (χ1v) is 16.6. The summed E-state index contributed by atoms with van der Waals surface area (Å²) in [6, 6.07) is 15.4. The van der Waals surface area contributed by atoms with Gasteiger partial charge in [0.2, 0.25) is 0 Å². The van der Waals surface area contributed by atoms with E-state index in [1.807, 2.05) is 61.0 Å². The number of nitrogen functional groups attached to an aromatic ring is 1. The van der Waals surface area contributed by atoms with E-state index in [4.69, 9.17) is 19.9 Å². The van der Waals surface area contributed by atoms with Crippen molar-refractivity contribution in [3.05, 3.63) is 72.1 Å². The highest BCUT2D eigenvalue weighted by Gasteiger charge is 2.22. The Bertz CT molecular complexity index is 1190. The number of anilines is 2. The summed E-state index contributed by atoms with van der Waals surface area (Å²) in [4.78, 5) is 48.5. The van der Waals surface area contributed by atoms with Crippen molar-refractivity contribution in [1.29, 1.82) is 0 Å². The average Bonchev–Trinajstić information content (AvgIpc) is 3.03. The van der Waals surface area contributed by atoms with Crippen LogP contribution in [-0.4, -0.2) is 69.4 Å². The molecule has 0 unspecified atom stereocenters. The molecule has 2 aromatic rings. The Labute approximate surface area is 274 Å². The minimum atomic E-state index is -0.732. The first-order valence-electron chi connectivity index (χ1n) is 14.1. The number of carbonyl (C=O) groups excluding carboxylic acids is 4. The molecule has 2 aromatic carbocycles. The highest BCUT2D eigenvalue weighted by molar-refractivity contribution is 7.98. The third kappa shape index (κ3) is 17.7. The van der Waals surface area contributed by atoms with Gasteiger partial charge in [0.1, 0.15) is 6.26 Å². The molecular weight excluding hydrogens is 620 g/mol. The fourth-order valence-corrected chi connectivity index (χ4v) is 3.65. The molecule has 13 heteroatoms. The Kier molecular flexibility index (Phi) is 22.9. The molecule has 3 N–H and O–H groups in total. The minimum absolute atomic E-state index is 0.160. The number of nitrogens with two attached hydrogens (primary N) is 1. The van der Waals surface area contributed by atoms with Crippen molar-refractivity contribution >= 4 is 58.8 Å². The Morgan fingerprint density at radius 3 is 1.36 bits per heavy atom. The number of benzene rings is 2. The van der Waals surface area contributed by atoms with Crippen molar-refractivity contribution < 1.29 is 42.9 Å². The van der Waals surface area contributed by atoms with Crippen LogP contribution in [0.1, 0.15) is 34.6 Å². The van der Waals surface area contributed by atoms with E-state index in [-0.39, 0.29) is 37.6 Å². The maximum Gasteiger partial charge on any atom is 0.348 e. The smallest absolute Gasteiger partial charge is 0.348 e. The Morgan fingerprint density at radius 1 is 0.622 bits per heavy atom. The van der Waals surface area contributed by atoms with Crippen LogP contribution in [-0.2, 0) is 42.9 Å². The number of ether oxygens (including phenoxy) is 5. The fourth-order valence-electron chi connectivity index (χ4n) is 2.83. The topological polar surface area (TPSA) is 152 Å². The van der Waals surface area contributed by atoms with E-state index in [1.165, 1.54) is 11.1 Å². The van der Waals surface area contributed by atoms with E-state index in [1.54, 1.807) is 58.1 Å². The quantitative estimate of drug-likeness (QED) is 0.0363. The van der Waals surface area contributed by atoms with Gasteiger partial charge in [-0.2, -0.15) is 0 Å². The first-order chi connectivity index (χ1) is 21.6. The lowest BCUT2D eigenvalue weighted by molar-refractivity contribution is -0.148. The van der Waals surface area contributed by atoms with Gasteiger partial charge in [0.15, 0.2) is 11.1 Å². The Balaban J connectivity index is 0.000000700. The monoisotopic (exact) mass is 664 g/mol. The van der Waals surface area contributed by atoms with Gasteiger partial charge in [0, 0.05) is 27.4 Å². The lowest BCUT2D eigenvalue weighted by Gasteiger charge is -2.08. The number of rotatable bonds is 14. The van der Waals surface area contributed by atoms with Crippen molar-refractivity contribution in [3.8, 4) is 0 Å². The average molecular weight is 665 g/mol. The standard InChI is InChI=1S/C15H19NO4S.C10H16O5.C7H9NS/c1-4-19-14(17)13(15(18)20-5-2)10-16-11-6-8-12(21-3)9-7-11;1-4-13-7-8(9(11)14-5-2)10(12)15-6-3;1-9-7-4-2-6(8)3-5-7/h6-10,16H,4-5H2,1-3H3;7H,4-6H2,1-3H3;2-5H,8H2,1H3. The first kappa shape index (κ1) is 40.9. The van der Waals surface area contributed by atoms with Gasteiger partial charge < -0.3 is 34.7 Å². The minimum Gasteiger partial charge on any atom is -0.500 e. The lowest BCUT2D eigenvalue weighted by Crippen LogP contribution is -2.19. The van der Waals surface area contributed by atoms with Crippen LogP contribution in [0.3, 0.4) is 0 Å². The molecule has 0 aliphatic rings. The highest BCUT2D eigenvalue weighted by atomic mass is 32.2. The second kappa shape index (κ2) is 25.2. The molecule has 0 aliphatic heterocycles. The summed E-state index contributed by atoms with van der Waals surface area (Å²) in [6.07, 6.45) is 6.41. The molecule has 45 heavy (non-hydrogen) atoms. The van der Waals surface area contributed by atoms with E-state index >= 15 is 0 Å². The molecule has 0 aromatic heterocycles. The molecule has 0 aliphatic carbocycles. The molecule has 0 spiro atoms. The molecule has 0 saturated heterocycles. The van der Waals surface area contributed by atoms with Crippen LogP contribution in [0.4, 0.5) is 11.4 Å². The summed E-state index contributed by atoms with van der Waals surface area (Å²) in [7, 11) is 0. The summed E-state index contributed by atoms with van der Waals surface area (Å²) in [5.41, 5.74) is 6.68. The second-order valence-corrected chi connectivity index (χ2v) is 9.83. The van der Waals surface area contributed by atoms with Gasteiger partial charge in [-0.1, -0.05) is 0 Å². The summed E-state index contributed by atoms with van der Waals surface area (Å²) >= 11 is 3.36. The van der Waals surface area contributed by atoms with Gasteiger partial charge in [-0.3, -0.25) is 0 Å². The number of hydrogen-bond acceptors (Lipinski definition) is 13. The Morgan fingerprint density at radius 2 is 1.00 bits per heavy atom. The van der Waals surface area contributed by atoms with E-state index in [9.17, 15) is 19.2 Å². The molecule has 0 saturated carbocycles. The highest BCUT2D eigenvalue weighted by Crippen LogP contribution is 2.18. The van der Waals surface area contributed by atoms with Crippen LogP contribution in [0.25, 0.3) is 0 Å². The van der Waals surface area contributed by atoms with Crippen molar-refractivity contribution in [2.75, 3.05) is 56.6 Å². The molecule has 0 heterocycles. The van der Waals surface area contributed by atoms with Crippen LogP contribution in [0.15, 0.2) is 81.9 Å². The predicted molar refractivity (Wildman–Crippen MR) is 179 cm³/mol. The molecule has 0 fully saturated rings. The third-order valence-electron chi connectivity index (χ3n) is 4.94. The van der Waals surface area contributed by atoms with E-state index in [0.29, 0.717) is 6.61 Å². The maximum atomic E-state index is 11.7. The normalized spacial score (nSPS) is 9.40. The van der Waals surface area contributed by atoms with Crippen LogP contribution < -0.4 is 11.1 Å². The number of nitrogens with one attached hydrogen (secondary N) is 1. The largest absolute Gasteiger partial charge is 0.500 e. The fraction of sp³-hybridized carbons (Fsp3) is 0.375. The summed E-state index contributed by atoms with van der Waals surface area (Å²) in [6.45, 7) is 9.54. The van der Waals surface area contributed by atoms with E-state index in [2.05, 4.69) is 14.8 Å². The van der Waals surface area contributed by atoms with Gasteiger partial charge in [-0.15, -0.1) is 23.5 Å². The van der Waals surface area contributed by atoms with Crippen molar-refractivity contribution in [2.24, 2.45) is 0 Å². The van der Waals surface area contributed by atoms with Gasteiger partial charge in [0.25, 0.3) is 0 Å². The molecule has 0 radical (unpaired) electrons. The van der Waals surface area contributed by atoms with Gasteiger partial charge in [0.05, 0.1) is 33.0 Å². The molecule has 0 amide bonds. The SMILES string of the molecule is CCOC(=O)C(=CNc1ccc(SC)cc1)C(=O)OCC.CCOC=C(C(=O)OCC)C(=O)OCC.CSc1ccc(N)cc1. The molecule has 11 nitrogen and oxygen atoms in total. The number of carbonyl (C=O) groups is 4. The van der Waals surface area contributed by atoms with Crippen LogP contribution >= 0.6 is 23.5 Å². The van der Waals surface area contributed by atoms with Crippen molar-refractivity contribution in [2.45, 2.75) is 44.4 Å². The van der Waals surface area contributed by atoms with Gasteiger partial charge >= 0.3 is 23.9 Å². The zero-order chi connectivity index (χ0) is 34.0. The molecular formula is C32H44N2O9S2. The molecule has 2 rings (SSSR count). The predicted octanol–water partition coefficient (Wildman–Crippen LogP) is 5.85. The van der Waals surface area contributed by atoms with E-state index in [0.717, 1.165) is 22.5 Å². The van der Waals surface area contributed by atoms with Crippen molar-refractivity contribution in [1.82, 2.24) is 0 Å². The van der Waals surface area contributed by atoms with Crippen LogP contribution in [0.5, 0.6) is 0 Å². The van der Waals surface area contributed by atoms with Crippen molar-refractivity contribution in [3.63, 3.8) is 0 Å². The van der Waals surface area contributed by atoms with Gasteiger partial charge in [-0.25, -0.2) is 19.2 Å². The van der Waals surface area contributed by atoms with Crippen LogP contribution in [0.2, 0.25) is 0 Å². The summed E-state index contributed by atoms with van der Waals surface area (Å²) in [5, 5.41) is 2.90. The summed E-state index contributed by atoms with van der Waals surface area (Å²) < 4.78 is 23.9. The number of esters is 4. The zero-order valence-electron chi connectivity index (χ0n) is 26.9. The summed E-state index contributed by atoms with van der Waals surface area (Å²) in [5.74, 6) is -2.87. The van der Waals surface area contributed by atoms with Crippen LogP contribution in [0, 0.1) is 0 Å². The maximum absolute atomic E-state index is 11.7.